The highest BCUT2D eigenvalue weighted by molar-refractivity contribution is 6.04. The number of methoxy groups -OCH3 is 1. The van der Waals surface area contributed by atoms with Crippen molar-refractivity contribution in [1.29, 1.82) is 0 Å². The lowest BCUT2D eigenvalue weighted by Gasteiger charge is -2.08. The molecule has 0 bridgehead atoms. The second-order valence-electron chi connectivity index (χ2n) is 8.10. The average molecular weight is 472 g/mol. The number of hydrogen-bond donors (Lipinski definition) is 1. The highest BCUT2D eigenvalue weighted by atomic mass is 16.5. The van der Waals surface area contributed by atoms with Gasteiger partial charge in [0.1, 0.15) is 17.6 Å². The molecule has 1 atom stereocenters. The molecule has 7 heteroatoms. The van der Waals surface area contributed by atoms with Crippen LogP contribution in [0.25, 0.3) is 6.08 Å². The van der Waals surface area contributed by atoms with Crippen molar-refractivity contribution in [2.24, 2.45) is 0 Å². The van der Waals surface area contributed by atoms with Crippen LogP contribution in [-0.2, 0) is 16.0 Å². The molecule has 1 aliphatic rings. The Hall–Kier alpha value is -4.39. The molecule has 0 saturated carbocycles. The first-order valence-electron chi connectivity index (χ1n) is 11.1. The third kappa shape index (κ3) is 5.95. The molecule has 178 valence electrons. The van der Waals surface area contributed by atoms with Crippen LogP contribution < -0.4 is 14.8 Å². The Morgan fingerprint density at radius 1 is 1.03 bits per heavy atom. The van der Waals surface area contributed by atoms with Crippen molar-refractivity contribution < 1.29 is 28.6 Å². The number of hydrogen-bond acceptors (Lipinski definition) is 6. The van der Waals surface area contributed by atoms with Gasteiger partial charge in [0.25, 0.3) is 5.91 Å². The monoisotopic (exact) mass is 471 g/mol. The van der Waals surface area contributed by atoms with E-state index in [0.29, 0.717) is 28.1 Å². The van der Waals surface area contributed by atoms with Crippen LogP contribution in [0.1, 0.15) is 38.8 Å². The van der Waals surface area contributed by atoms with Crippen molar-refractivity contribution in [2.75, 3.05) is 19.0 Å². The molecule has 1 aliphatic heterocycles. The first kappa shape index (κ1) is 23.8. The van der Waals surface area contributed by atoms with Gasteiger partial charge in [-0.1, -0.05) is 18.2 Å². The second-order valence-corrected chi connectivity index (χ2v) is 8.10. The normalized spacial score (nSPS) is 14.2. The van der Waals surface area contributed by atoms with Gasteiger partial charge in [-0.2, -0.15) is 0 Å². The molecular weight excluding hydrogens is 446 g/mol. The maximum Gasteiger partial charge on any atom is 0.331 e. The maximum atomic E-state index is 12.4. The van der Waals surface area contributed by atoms with E-state index >= 15 is 0 Å². The standard InChI is InChI=1S/C28H25NO6/c1-18-14-22-16-25(33-2)21(15-26(22)35-18)10-13-27(31)34-17-24(30)19-8-11-23(12-9-19)29-28(32)20-6-4-3-5-7-20/h3-13,15-16,18H,14,17H2,1-2H3,(H,29,32)/b13-10+/t18-/m0/s1. The number of nitrogens with one attached hydrogen (secondary N) is 1. The summed E-state index contributed by atoms with van der Waals surface area (Å²) >= 11 is 0. The summed E-state index contributed by atoms with van der Waals surface area (Å²) in [7, 11) is 1.56. The number of anilines is 1. The SMILES string of the molecule is COc1cc2c(cc1/C=C/C(=O)OCC(=O)c1ccc(NC(=O)c3ccccc3)cc1)O[C@@H](C)C2. The number of amides is 1. The van der Waals surface area contributed by atoms with Crippen molar-refractivity contribution in [2.45, 2.75) is 19.4 Å². The number of carbonyl (C=O) groups excluding carboxylic acids is 3. The van der Waals surface area contributed by atoms with Gasteiger partial charge in [0, 0.05) is 40.4 Å². The van der Waals surface area contributed by atoms with Gasteiger partial charge >= 0.3 is 5.97 Å². The van der Waals surface area contributed by atoms with Gasteiger partial charge in [0.15, 0.2) is 12.4 Å². The van der Waals surface area contributed by atoms with Gasteiger partial charge in [-0.3, -0.25) is 9.59 Å². The van der Waals surface area contributed by atoms with Gasteiger partial charge < -0.3 is 19.5 Å². The van der Waals surface area contributed by atoms with E-state index in [1.807, 2.05) is 25.1 Å². The van der Waals surface area contributed by atoms with Gasteiger partial charge in [-0.15, -0.1) is 0 Å². The molecule has 7 nitrogen and oxygen atoms in total. The molecule has 0 saturated heterocycles. The molecule has 3 aromatic carbocycles. The first-order chi connectivity index (χ1) is 16.9. The average Bonchev–Trinajstić information content (AvgIpc) is 3.25. The van der Waals surface area contributed by atoms with Crippen LogP contribution in [0.3, 0.4) is 0 Å². The van der Waals surface area contributed by atoms with Crippen molar-refractivity contribution in [1.82, 2.24) is 0 Å². The van der Waals surface area contributed by atoms with E-state index in [-0.39, 0.29) is 17.8 Å². The molecule has 1 N–H and O–H groups in total. The minimum absolute atomic E-state index is 0.0964. The molecule has 1 amide bonds. The third-order valence-electron chi connectivity index (χ3n) is 5.49. The number of ketones is 1. The van der Waals surface area contributed by atoms with E-state index in [0.717, 1.165) is 17.7 Å². The van der Waals surface area contributed by atoms with Crippen LogP contribution in [0.15, 0.2) is 72.8 Å². The fourth-order valence-electron chi connectivity index (χ4n) is 3.72. The summed E-state index contributed by atoms with van der Waals surface area (Å²) in [5, 5.41) is 2.77. The zero-order chi connectivity index (χ0) is 24.8. The van der Waals surface area contributed by atoms with E-state index in [9.17, 15) is 14.4 Å². The van der Waals surface area contributed by atoms with Crippen LogP contribution in [0, 0.1) is 0 Å². The Labute approximate surface area is 203 Å². The zero-order valence-corrected chi connectivity index (χ0v) is 19.4. The van der Waals surface area contributed by atoms with Crippen molar-refractivity contribution >= 4 is 29.4 Å². The van der Waals surface area contributed by atoms with Crippen LogP contribution >= 0.6 is 0 Å². The van der Waals surface area contributed by atoms with Gasteiger partial charge in [0.05, 0.1) is 7.11 Å². The number of rotatable bonds is 8. The third-order valence-corrected chi connectivity index (χ3v) is 5.49. The summed E-state index contributed by atoms with van der Waals surface area (Å²) in [6.45, 7) is 1.59. The molecule has 0 aliphatic carbocycles. The predicted molar refractivity (Wildman–Crippen MR) is 132 cm³/mol. The number of fused-ring (bicyclic) bond motifs is 1. The second kappa shape index (κ2) is 10.7. The molecule has 1 heterocycles. The molecule has 0 spiro atoms. The van der Waals surface area contributed by atoms with Crippen LogP contribution in [-0.4, -0.2) is 37.5 Å². The topological polar surface area (TPSA) is 90.9 Å². The van der Waals surface area contributed by atoms with E-state index in [2.05, 4.69) is 5.32 Å². The lowest BCUT2D eigenvalue weighted by Crippen LogP contribution is -2.13. The summed E-state index contributed by atoms with van der Waals surface area (Å²) in [4.78, 5) is 36.8. The molecule has 4 rings (SSSR count). The lowest BCUT2D eigenvalue weighted by atomic mass is 10.1. The molecule has 0 unspecified atom stereocenters. The summed E-state index contributed by atoms with van der Waals surface area (Å²) in [5.41, 5.74) is 3.19. The smallest absolute Gasteiger partial charge is 0.331 e. The maximum absolute atomic E-state index is 12.4. The quantitative estimate of drug-likeness (QED) is 0.291. The highest BCUT2D eigenvalue weighted by Crippen LogP contribution is 2.35. The van der Waals surface area contributed by atoms with Gasteiger partial charge in [-0.05, 0) is 61.5 Å². The van der Waals surface area contributed by atoms with E-state index < -0.39 is 12.6 Å². The summed E-state index contributed by atoms with van der Waals surface area (Å²) < 4.78 is 16.3. The Kier molecular flexibility index (Phi) is 7.26. The molecule has 0 aromatic heterocycles. The Balaban J connectivity index is 1.31. The van der Waals surface area contributed by atoms with Crippen LogP contribution in [0.5, 0.6) is 11.5 Å². The first-order valence-corrected chi connectivity index (χ1v) is 11.1. The van der Waals surface area contributed by atoms with Crippen molar-refractivity contribution in [3.63, 3.8) is 0 Å². The predicted octanol–water partition coefficient (Wildman–Crippen LogP) is 4.71. The van der Waals surface area contributed by atoms with E-state index in [4.69, 9.17) is 14.2 Å². The number of Topliss-reactive ketones (excluding diaryl/α,β-unsaturated/α-hetero) is 1. The van der Waals surface area contributed by atoms with Gasteiger partial charge in [-0.25, -0.2) is 4.79 Å². The van der Waals surface area contributed by atoms with Crippen molar-refractivity contribution in [3.05, 3.63) is 95.1 Å². The number of ether oxygens (including phenoxy) is 3. The number of esters is 1. The van der Waals surface area contributed by atoms with E-state index in [1.165, 1.54) is 6.08 Å². The van der Waals surface area contributed by atoms with Crippen molar-refractivity contribution in [3.8, 4) is 11.5 Å². The van der Waals surface area contributed by atoms with E-state index in [1.54, 1.807) is 61.7 Å². The Bertz CT molecular complexity index is 1260. The van der Waals surface area contributed by atoms with Gasteiger partial charge in [0.2, 0.25) is 0 Å². The zero-order valence-electron chi connectivity index (χ0n) is 19.4. The molecule has 0 radical (unpaired) electrons. The Morgan fingerprint density at radius 2 is 1.77 bits per heavy atom. The molecule has 0 fully saturated rings. The molecular formula is C28H25NO6. The lowest BCUT2D eigenvalue weighted by molar-refractivity contribution is -0.136. The minimum atomic E-state index is -0.651. The molecule has 35 heavy (non-hydrogen) atoms. The number of benzene rings is 3. The Morgan fingerprint density at radius 3 is 2.49 bits per heavy atom. The highest BCUT2D eigenvalue weighted by Gasteiger charge is 2.21. The largest absolute Gasteiger partial charge is 0.496 e. The molecule has 3 aromatic rings. The fraction of sp³-hybridized carbons (Fsp3) is 0.179. The fourth-order valence-corrected chi connectivity index (χ4v) is 3.72. The summed E-state index contributed by atoms with van der Waals surface area (Å²) in [6, 6.07) is 18.9. The summed E-state index contributed by atoms with van der Waals surface area (Å²) in [6.07, 6.45) is 3.72. The van der Waals surface area contributed by atoms with Crippen LogP contribution in [0.2, 0.25) is 0 Å². The minimum Gasteiger partial charge on any atom is -0.496 e. The number of carbonyl (C=O) groups is 3. The van der Waals surface area contributed by atoms with Crippen LogP contribution in [0.4, 0.5) is 5.69 Å². The summed E-state index contributed by atoms with van der Waals surface area (Å²) in [5.74, 6) is 0.143.